The van der Waals surface area contributed by atoms with E-state index in [1.807, 2.05) is 24.0 Å². The second-order valence-electron chi connectivity index (χ2n) is 3.47. The van der Waals surface area contributed by atoms with Crippen LogP contribution in [0.2, 0.25) is 0 Å². The van der Waals surface area contributed by atoms with Gasteiger partial charge in [-0.05, 0) is 19.4 Å². The van der Waals surface area contributed by atoms with Crippen LogP contribution in [0.15, 0.2) is 12.4 Å². The van der Waals surface area contributed by atoms with E-state index in [9.17, 15) is 0 Å². The molecule has 0 saturated heterocycles. The Labute approximate surface area is 85.7 Å². The molecule has 0 atom stereocenters. The van der Waals surface area contributed by atoms with Crippen molar-refractivity contribution in [3.8, 4) is 0 Å². The van der Waals surface area contributed by atoms with Gasteiger partial charge in [-0.15, -0.1) is 0 Å². The molecule has 0 aliphatic carbocycles. The Bertz CT molecular complexity index is 256. The molecule has 0 aliphatic heterocycles. The second kappa shape index (κ2) is 5.65. The van der Waals surface area contributed by atoms with E-state index in [4.69, 9.17) is 5.73 Å². The summed E-state index contributed by atoms with van der Waals surface area (Å²) in [7, 11) is 2.02. The van der Waals surface area contributed by atoms with Crippen LogP contribution in [0.5, 0.6) is 0 Å². The van der Waals surface area contributed by atoms with E-state index in [1.54, 1.807) is 0 Å². The quantitative estimate of drug-likeness (QED) is 0.738. The molecule has 1 rings (SSSR count). The lowest BCUT2D eigenvalue weighted by Gasteiger charge is -2.22. The minimum Gasteiger partial charge on any atom is -0.342 e. The molecule has 4 heteroatoms. The minimum atomic E-state index is 0.741. The summed E-state index contributed by atoms with van der Waals surface area (Å²) in [6.07, 6.45) is 5.96. The molecule has 1 aromatic heterocycles. The van der Waals surface area contributed by atoms with E-state index in [1.165, 1.54) is 0 Å². The fourth-order valence-corrected chi connectivity index (χ4v) is 1.53. The number of anilines is 1. The Hall–Kier alpha value is -1.03. The van der Waals surface area contributed by atoms with E-state index < -0.39 is 0 Å². The maximum atomic E-state index is 5.51. The van der Waals surface area contributed by atoms with Crippen LogP contribution < -0.4 is 10.6 Å². The average Bonchev–Trinajstić information content (AvgIpc) is 2.59. The Balaban J connectivity index is 2.62. The van der Waals surface area contributed by atoms with Crippen molar-refractivity contribution < 1.29 is 0 Å². The molecule has 4 nitrogen and oxygen atoms in total. The number of aromatic nitrogens is 2. The predicted octanol–water partition coefficient (Wildman–Crippen LogP) is 0.985. The number of nitrogens with zero attached hydrogens (tertiary/aromatic N) is 3. The summed E-state index contributed by atoms with van der Waals surface area (Å²) in [6, 6.07) is 0. The number of rotatable bonds is 6. The molecule has 0 amide bonds. The third kappa shape index (κ3) is 2.73. The van der Waals surface area contributed by atoms with Gasteiger partial charge in [-0.25, -0.2) is 4.98 Å². The number of imidazole rings is 1. The van der Waals surface area contributed by atoms with E-state index >= 15 is 0 Å². The molecule has 0 unspecified atom stereocenters. The molecule has 14 heavy (non-hydrogen) atoms. The monoisotopic (exact) mass is 196 g/mol. The van der Waals surface area contributed by atoms with Gasteiger partial charge < -0.3 is 15.2 Å². The molecule has 1 aromatic rings. The minimum absolute atomic E-state index is 0.741. The highest BCUT2D eigenvalue weighted by Gasteiger charge is 2.08. The standard InChI is InChI=1S/C10H20N4/c1-3-7-14(8-4-5-11)10-12-6-9-13(10)2/h6,9H,3-5,7-8,11H2,1-2H3. The van der Waals surface area contributed by atoms with Crippen LogP contribution in [0.4, 0.5) is 5.95 Å². The third-order valence-electron chi connectivity index (χ3n) is 2.20. The van der Waals surface area contributed by atoms with Crippen LogP contribution >= 0.6 is 0 Å². The summed E-state index contributed by atoms with van der Waals surface area (Å²) in [6.45, 7) is 4.96. The zero-order chi connectivity index (χ0) is 10.4. The van der Waals surface area contributed by atoms with Gasteiger partial charge in [0.05, 0.1) is 0 Å². The van der Waals surface area contributed by atoms with Gasteiger partial charge in [0.1, 0.15) is 0 Å². The molecule has 0 aromatic carbocycles. The molecule has 1 heterocycles. The normalized spacial score (nSPS) is 10.5. The summed E-state index contributed by atoms with van der Waals surface area (Å²) < 4.78 is 2.05. The number of hydrogen-bond acceptors (Lipinski definition) is 3. The summed E-state index contributed by atoms with van der Waals surface area (Å²) in [4.78, 5) is 6.62. The van der Waals surface area contributed by atoms with E-state index in [0.29, 0.717) is 0 Å². The summed E-state index contributed by atoms with van der Waals surface area (Å²) >= 11 is 0. The number of hydrogen-bond donors (Lipinski definition) is 1. The lowest BCUT2D eigenvalue weighted by atomic mass is 10.3. The molecule has 2 N–H and O–H groups in total. The van der Waals surface area contributed by atoms with Gasteiger partial charge in [0.15, 0.2) is 0 Å². The molecular weight excluding hydrogens is 176 g/mol. The summed E-state index contributed by atoms with van der Waals surface area (Å²) in [5.74, 6) is 1.04. The van der Waals surface area contributed by atoms with Crippen molar-refractivity contribution in [2.75, 3.05) is 24.5 Å². The molecule has 0 saturated carbocycles. The smallest absolute Gasteiger partial charge is 0.205 e. The van der Waals surface area contributed by atoms with Crippen LogP contribution in [0.25, 0.3) is 0 Å². The van der Waals surface area contributed by atoms with Crippen molar-refractivity contribution in [3.05, 3.63) is 12.4 Å². The van der Waals surface area contributed by atoms with Crippen LogP contribution in [0, 0.1) is 0 Å². The predicted molar refractivity (Wildman–Crippen MR) is 59.4 cm³/mol. The second-order valence-corrected chi connectivity index (χ2v) is 3.47. The molecule has 0 aliphatic rings. The van der Waals surface area contributed by atoms with Crippen LogP contribution in [-0.2, 0) is 7.05 Å². The van der Waals surface area contributed by atoms with E-state index in [0.717, 1.165) is 38.4 Å². The van der Waals surface area contributed by atoms with Crippen LogP contribution in [0.1, 0.15) is 19.8 Å². The highest BCUT2D eigenvalue weighted by Crippen LogP contribution is 2.10. The molecule has 80 valence electrons. The molecule has 0 radical (unpaired) electrons. The van der Waals surface area contributed by atoms with Gasteiger partial charge >= 0.3 is 0 Å². The van der Waals surface area contributed by atoms with Crippen LogP contribution in [0.3, 0.4) is 0 Å². The first kappa shape index (κ1) is 11.0. The lowest BCUT2D eigenvalue weighted by molar-refractivity contribution is 0.684. The van der Waals surface area contributed by atoms with Crippen molar-refractivity contribution in [1.29, 1.82) is 0 Å². The fourth-order valence-electron chi connectivity index (χ4n) is 1.53. The molecular formula is C10H20N4. The first-order chi connectivity index (χ1) is 6.79. The fraction of sp³-hybridized carbons (Fsp3) is 0.700. The number of nitrogens with two attached hydrogens (primary N) is 1. The third-order valence-corrected chi connectivity index (χ3v) is 2.20. The highest BCUT2D eigenvalue weighted by molar-refractivity contribution is 5.30. The molecule has 0 fully saturated rings. The van der Waals surface area contributed by atoms with E-state index in [2.05, 4.69) is 16.8 Å². The Morgan fingerprint density at radius 2 is 2.29 bits per heavy atom. The summed E-state index contributed by atoms with van der Waals surface area (Å²) in [5.41, 5.74) is 5.51. The van der Waals surface area contributed by atoms with Crippen molar-refractivity contribution >= 4 is 5.95 Å². The van der Waals surface area contributed by atoms with Crippen molar-refractivity contribution in [2.45, 2.75) is 19.8 Å². The van der Waals surface area contributed by atoms with Crippen molar-refractivity contribution in [2.24, 2.45) is 12.8 Å². The maximum Gasteiger partial charge on any atom is 0.205 e. The Kier molecular flexibility index (Phi) is 4.46. The SMILES string of the molecule is CCCN(CCCN)c1nccn1C. The van der Waals surface area contributed by atoms with Crippen LogP contribution in [-0.4, -0.2) is 29.2 Å². The zero-order valence-corrected chi connectivity index (χ0v) is 9.11. The Morgan fingerprint density at radius 3 is 2.79 bits per heavy atom. The van der Waals surface area contributed by atoms with Gasteiger partial charge in [-0.1, -0.05) is 6.92 Å². The maximum absolute atomic E-state index is 5.51. The molecule has 0 spiro atoms. The highest BCUT2D eigenvalue weighted by atomic mass is 15.3. The van der Waals surface area contributed by atoms with E-state index in [-0.39, 0.29) is 0 Å². The molecule has 0 bridgehead atoms. The van der Waals surface area contributed by atoms with Gasteiger partial charge in [-0.2, -0.15) is 0 Å². The first-order valence-electron chi connectivity index (χ1n) is 5.22. The van der Waals surface area contributed by atoms with Gasteiger partial charge in [0.25, 0.3) is 0 Å². The van der Waals surface area contributed by atoms with Gasteiger partial charge in [0.2, 0.25) is 5.95 Å². The van der Waals surface area contributed by atoms with Crippen molar-refractivity contribution in [1.82, 2.24) is 9.55 Å². The van der Waals surface area contributed by atoms with Gasteiger partial charge in [0, 0.05) is 32.5 Å². The first-order valence-corrected chi connectivity index (χ1v) is 5.22. The Morgan fingerprint density at radius 1 is 1.50 bits per heavy atom. The lowest BCUT2D eigenvalue weighted by Crippen LogP contribution is -2.29. The average molecular weight is 196 g/mol. The zero-order valence-electron chi connectivity index (χ0n) is 9.11. The van der Waals surface area contributed by atoms with Gasteiger partial charge in [-0.3, -0.25) is 0 Å². The number of aryl methyl sites for hydroxylation is 1. The summed E-state index contributed by atoms with van der Waals surface area (Å²) in [5, 5.41) is 0. The largest absolute Gasteiger partial charge is 0.342 e. The van der Waals surface area contributed by atoms with Crippen molar-refractivity contribution in [3.63, 3.8) is 0 Å². The topological polar surface area (TPSA) is 47.1 Å².